The molecule has 0 saturated carbocycles. The fourth-order valence-corrected chi connectivity index (χ4v) is 3.58. The molecule has 1 atom stereocenters. The minimum Gasteiger partial charge on any atom is -0.348 e. The second-order valence-corrected chi connectivity index (χ2v) is 7.08. The molecule has 1 unspecified atom stereocenters. The molecule has 132 valence electrons. The van der Waals surface area contributed by atoms with Crippen LogP contribution in [0.25, 0.3) is 0 Å². The van der Waals surface area contributed by atoms with Crippen LogP contribution in [-0.2, 0) is 6.54 Å². The first-order valence-electron chi connectivity index (χ1n) is 8.35. The van der Waals surface area contributed by atoms with Gasteiger partial charge < -0.3 is 14.8 Å². The normalized spacial score (nSPS) is 16.2. The van der Waals surface area contributed by atoms with E-state index in [1.807, 2.05) is 41.4 Å². The number of carbonyl (C=O) groups is 1. The van der Waals surface area contributed by atoms with Crippen LogP contribution in [0.15, 0.2) is 66.9 Å². The van der Waals surface area contributed by atoms with Crippen molar-refractivity contribution in [2.24, 2.45) is 0 Å². The third kappa shape index (κ3) is 3.30. The van der Waals surface area contributed by atoms with Crippen molar-refractivity contribution in [2.75, 3.05) is 11.9 Å². The maximum absolute atomic E-state index is 13.0. The molecule has 1 aliphatic heterocycles. The zero-order valence-electron chi connectivity index (χ0n) is 13.9. The number of halogens is 2. The number of anilines is 1. The van der Waals surface area contributed by atoms with E-state index in [1.165, 1.54) is 0 Å². The molecule has 0 spiro atoms. The van der Waals surface area contributed by atoms with Gasteiger partial charge in [-0.05, 0) is 54.1 Å². The Labute approximate surface area is 161 Å². The first kappa shape index (κ1) is 17.0. The predicted octanol–water partition coefficient (Wildman–Crippen LogP) is 5.43. The lowest BCUT2D eigenvalue weighted by Crippen LogP contribution is -2.44. The zero-order valence-corrected chi connectivity index (χ0v) is 15.4. The summed E-state index contributed by atoms with van der Waals surface area (Å²) in [5.74, 6) is 0. The van der Waals surface area contributed by atoms with Crippen LogP contribution in [0.4, 0.5) is 10.5 Å². The van der Waals surface area contributed by atoms with E-state index in [-0.39, 0.29) is 12.1 Å². The second kappa shape index (κ2) is 7.06. The van der Waals surface area contributed by atoms with E-state index in [4.69, 9.17) is 23.2 Å². The van der Waals surface area contributed by atoms with Crippen molar-refractivity contribution in [1.29, 1.82) is 0 Å². The summed E-state index contributed by atoms with van der Waals surface area (Å²) in [6.45, 7) is 1.38. The van der Waals surface area contributed by atoms with Crippen molar-refractivity contribution >= 4 is 34.9 Å². The molecule has 2 amide bonds. The number of nitrogens with zero attached hydrogens (tertiary/aromatic N) is 2. The number of fused-ring (bicyclic) bond motifs is 1. The number of amides is 2. The summed E-state index contributed by atoms with van der Waals surface area (Å²) in [6, 6.07) is 18.5. The van der Waals surface area contributed by atoms with Crippen LogP contribution in [0.2, 0.25) is 10.0 Å². The van der Waals surface area contributed by atoms with Gasteiger partial charge in [-0.1, -0.05) is 35.3 Å². The minimum atomic E-state index is -0.164. The van der Waals surface area contributed by atoms with E-state index in [0.717, 1.165) is 23.5 Å². The maximum Gasteiger partial charge on any atom is 0.322 e. The van der Waals surface area contributed by atoms with Gasteiger partial charge in [-0.3, -0.25) is 0 Å². The lowest BCUT2D eigenvalue weighted by molar-refractivity contribution is 0.182. The highest BCUT2D eigenvalue weighted by molar-refractivity contribution is 6.30. The minimum absolute atomic E-state index is 0.139. The van der Waals surface area contributed by atoms with Gasteiger partial charge in [0.15, 0.2) is 0 Å². The van der Waals surface area contributed by atoms with E-state index in [9.17, 15) is 4.79 Å². The Kier molecular flexibility index (Phi) is 4.62. The Hall–Kier alpha value is -2.43. The molecule has 2 aromatic carbocycles. The maximum atomic E-state index is 13.0. The van der Waals surface area contributed by atoms with Gasteiger partial charge in [0.2, 0.25) is 0 Å². The Morgan fingerprint density at radius 3 is 2.27 bits per heavy atom. The van der Waals surface area contributed by atoms with E-state index in [1.54, 1.807) is 24.3 Å². The predicted molar refractivity (Wildman–Crippen MR) is 105 cm³/mol. The highest BCUT2D eigenvalue weighted by Gasteiger charge is 2.32. The van der Waals surface area contributed by atoms with Crippen LogP contribution < -0.4 is 5.32 Å². The van der Waals surface area contributed by atoms with Gasteiger partial charge in [0.25, 0.3) is 0 Å². The average Bonchev–Trinajstić information content (AvgIpc) is 3.12. The molecule has 26 heavy (non-hydrogen) atoms. The topological polar surface area (TPSA) is 37.3 Å². The lowest BCUT2D eigenvalue weighted by Gasteiger charge is -2.37. The molecule has 4 rings (SSSR count). The molecular weight excluding hydrogens is 369 g/mol. The van der Waals surface area contributed by atoms with E-state index >= 15 is 0 Å². The van der Waals surface area contributed by atoms with E-state index < -0.39 is 0 Å². The van der Waals surface area contributed by atoms with Gasteiger partial charge in [0, 0.05) is 40.7 Å². The number of carbonyl (C=O) groups excluding carboxylic acids is 1. The molecule has 2 heterocycles. The number of hydrogen-bond donors (Lipinski definition) is 1. The summed E-state index contributed by atoms with van der Waals surface area (Å²) in [7, 11) is 0. The highest BCUT2D eigenvalue weighted by Crippen LogP contribution is 2.33. The van der Waals surface area contributed by atoms with Crippen molar-refractivity contribution in [1.82, 2.24) is 9.47 Å². The molecule has 6 heteroatoms. The fourth-order valence-electron chi connectivity index (χ4n) is 3.33. The van der Waals surface area contributed by atoms with Gasteiger partial charge in [-0.2, -0.15) is 0 Å². The van der Waals surface area contributed by atoms with Crippen molar-refractivity contribution in [3.8, 4) is 0 Å². The lowest BCUT2D eigenvalue weighted by atomic mass is 10.0. The number of rotatable bonds is 2. The van der Waals surface area contributed by atoms with Crippen molar-refractivity contribution < 1.29 is 4.79 Å². The summed E-state index contributed by atoms with van der Waals surface area (Å²) >= 11 is 12.0. The van der Waals surface area contributed by atoms with Crippen LogP contribution >= 0.6 is 23.2 Å². The third-order valence-electron chi connectivity index (χ3n) is 4.58. The van der Waals surface area contributed by atoms with Crippen LogP contribution in [0.5, 0.6) is 0 Å². The van der Waals surface area contributed by atoms with Gasteiger partial charge >= 0.3 is 6.03 Å². The number of aromatic nitrogens is 1. The van der Waals surface area contributed by atoms with Crippen molar-refractivity contribution in [2.45, 2.75) is 12.6 Å². The summed E-state index contributed by atoms with van der Waals surface area (Å²) < 4.78 is 2.19. The molecule has 0 aliphatic carbocycles. The number of urea groups is 1. The molecule has 0 saturated heterocycles. The van der Waals surface area contributed by atoms with Crippen LogP contribution in [-0.4, -0.2) is 22.0 Å². The second-order valence-electron chi connectivity index (χ2n) is 6.21. The van der Waals surface area contributed by atoms with Gasteiger partial charge in [0.1, 0.15) is 0 Å². The fraction of sp³-hybridized carbons (Fsp3) is 0.150. The van der Waals surface area contributed by atoms with Gasteiger partial charge in [-0.25, -0.2) is 4.79 Å². The molecule has 1 aromatic heterocycles. The van der Waals surface area contributed by atoms with Crippen molar-refractivity contribution in [3.05, 3.63) is 88.2 Å². The van der Waals surface area contributed by atoms with Gasteiger partial charge in [0.05, 0.1) is 6.04 Å². The van der Waals surface area contributed by atoms with E-state index in [2.05, 4.69) is 16.0 Å². The summed E-state index contributed by atoms with van der Waals surface area (Å²) in [5.41, 5.74) is 2.83. The first-order valence-corrected chi connectivity index (χ1v) is 9.11. The van der Waals surface area contributed by atoms with Crippen LogP contribution in [0, 0.1) is 0 Å². The smallest absolute Gasteiger partial charge is 0.322 e. The molecule has 0 bridgehead atoms. The average molecular weight is 386 g/mol. The standard InChI is InChI=1S/C20H17Cl2N3O/c21-15-5-3-14(4-6-15)19-18-2-1-11-24(18)12-13-25(19)20(26)23-17-9-7-16(22)8-10-17/h1-11,19H,12-13H2,(H,23,26). The molecule has 0 fully saturated rings. The van der Waals surface area contributed by atoms with E-state index in [0.29, 0.717) is 16.6 Å². The molecule has 0 radical (unpaired) electrons. The summed E-state index contributed by atoms with van der Waals surface area (Å²) in [5, 5.41) is 4.28. The quantitative estimate of drug-likeness (QED) is 0.626. The number of hydrogen-bond acceptors (Lipinski definition) is 1. The Morgan fingerprint density at radius 2 is 1.58 bits per heavy atom. The monoisotopic (exact) mass is 385 g/mol. The van der Waals surface area contributed by atoms with Crippen molar-refractivity contribution in [3.63, 3.8) is 0 Å². The zero-order chi connectivity index (χ0) is 18.1. The molecule has 1 aliphatic rings. The molecule has 3 aromatic rings. The first-order chi connectivity index (χ1) is 12.6. The molecule has 1 N–H and O–H groups in total. The Bertz CT molecular complexity index is 919. The van der Waals surface area contributed by atoms with Gasteiger partial charge in [-0.15, -0.1) is 0 Å². The third-order valence-corrected chi connectivity index (χ3v) is 5.08. The highest BCUT2D eigenvalue weighted by atomic mass is 35.5. The largest absolute Gasteiger partial charge is 0.348 e. The Balaban J connectivity index is 1.66. The van der Waals surface area contributed by atoms with Crippen LogP contribution in [0.3, 0.4) is 0 Å². The Morgan fingerprint density at radius 1 is 0.923 bits per heavy atom. The summed E-state index contributed by atoms with van der Waals surface area (Å²) in [6.07, 6.45) is 2.05. The summed E-state index contributed by atoms with van der Waals surface area (Å²) in [4.78, 5) is 14.8. The van der Waals surface area contributed by atoms with Crippen LogP contribution in [0.1, 0.15) is 17.3 Å². The SMILES string of the molecule is O=C(Nc1ccc(Cl)cc1)N1CCn2cccc2C1c1ccc(Cl)cc1. The number of nitrogens with one attached hydrogen (secondary N) is 1. The molecular formula is C20H17Cl2N3O. The number of benzene rings is 2. The molecule has 4 nitrogen and oxygen atoms in total.